The lowest BCUT2D eigenvalue weighted by molar-refractivity contribution is -0.671. The Hall–Kier alpha value is -1.53. The number of aryl methyl sites for hydroxylation is 2. The normalized spacial score (nSPS) is 10.6. The first kappa shape index (κ1) is 14.5. The molecule has 0 saturated carbocycles. The molecular formula is C9H13F3N2O2. The third kappa shape index (κ3) is 6.05. The van der Waals surface area contributed by atoms with Gasteiger partial charge in [0.1, 0.15) is 18.4 Å². The summed E-state index contributed by atoms with van der Waals surface area (Å²) in [7, 11) is 2.03. The molecule has 0 atom stereocenters. The molecule has 0 saturated heterocycles. The fraction of sp³-hybridized carbons (Fsp3) is 0.556. The molecule has 0 bridgehead atoms. The maximum atomic E-state index is 10.5. The third-order valence-electron chi connectivity index (χ3n) is 1.54. The molecule has 16 heavy (non-hydrogen) atoms. The van der Waals surface area contributed by atoms with Crippen LogP contribution in [0.1, 0.15) is 13.3 Å². The van der Waals surface area contributed by atoms with Gasteiger partial charge in [-0.3, -0.25) is 0 Å². The van der Waals surface area contributed by atoms with Crippen LogP contribution in [0.4, 0.5) is 13.2 Å². The Balaban J connectivity index is 0.000000293. The lowest BCUT2D eigenvalue weighted by atomic mass is 10.5. The summed E-state index contributed by atoms with van der Waals surface area (Å²) in [6.45, 7) is 3.31. The molecule has 0 aliphatic heterocycles. The van der Waals surface area contributed by atoms with E-state index in [-0.39, 0.29) is 0 Å². The zero-order valence-electron chi connectivity index (χ0n) is 8.99. The maximum Gasteiger partial charge on any atom is 0.430 e. The van der Waals surface area contributed by atoms with Crippen molar-refractivity contribution in [2.75, 3.05) is 0 Å². The average molecular weight is 238 g/mol. The SMILES string of the molecule is CCCn1cc[n+](C)c1.O=C([O-])C(F)(F)F. The predicted molar refractivity (Wildman–Crippen MR) is 47.0 cm³/mol. The van der Waals surface area contributed by atoms with Crippen molar-refractivity contribution in [3.05, 3.63) is 18.7 Å². The van der Waals surface area contributed by atoms with Gasteiger partial charge in [0.2, 0.25) is 6.33 Å². The van der Waals surface area contributed by atoms with Crippen molar-refractivity contribution in [3.63, 3.8) is 0 Å². The van der Waals surface area contributed by atoms with Crippen LogP contribution in [-0.2, 0) is 18.4 Å². The highest BCUT2D eigenvalue weighted by Crippen LogP contribution is 2.11. The van der Waals surface area contributed by atoms with Crippen molar-refractivity contribution < 1.29 is 27.6 Å². The molecule has 1 aromatic rings. The summed E-state index contributed by atoms with van der Waals surface area (Å²) in [4.78, 5) is 8.78. The second kappa shape index (κ2) is 6.14. The Morgan fingerprint density at radius 1 is 1.50 bits per heavy atom. The van der Waals surface area contributed by atoms with E-state index in [1.165, 1.54) is 6.42 Å². The number of hydrogen-bond acceptors (Lipinski definition) is 2. The number of carboxylic acid groups (broad SMARTS) is 1. The van der Waals surface area contributed by atoms with Gasteiger partial charge in [0.05, 0.1) is 13.6 Å². The first-order valence-electron chi connectivity index (χ1n) is 4.56. The summed E-state index contributed by atoms with van der Waals surface area (Å²) in [5.41, 5.74) is 0. The molecule has 0 unspecified atom stereocenters. The number of imidazole rings is 1. The van der Waals surface area contributed by atoms with E-state index in [4.69, 9.17) is 9.90 Å². The van der Waals surface area contributed by atoms with Crippen molar-refractivity contribution in [1.82, 2.24) is 4.57 Å². The predicted octanol–water partition coefficient (Wildman–Crippen LogP) is 0.0212. The van der Waals surface area contributed by atoms with Crippen molar-refractivity contribution in [2.45, 2.75) is 26.1 Å². The summed E-state index contributed by atoms with van der Waals surface area (Å²) in [5.74, 6) is -3.01. The van der Waals surface area contributed by atoms with E-state index in [1.54, 1.807) is 0 Å². The number of carboxylic acids is 1. The van der Waals surface area contributed by atoms with Crippen LogP contribution in [0.3, 0.4) is 0 Å². The van der Waals surface area contributed by atoms with E-state index >= 15 is 0 Å². The van der Waals surface area contributed by atoms with Crippen LogP contribution >= 0.6 is 0 Å². The number of hydrogen-bond donors (Lipinski definition) is 0. The van der Waals surface area contributed by atoms with Gasteiger partial charge in [-0.05, 0) is 6.42 Å². The van der Waals surface area contributed by atoms with E-state index in [9.17, 15) is 13.2 Å². The zero-order chi connectivity index (χ0) is 12.8. The van der Waals surface area contributed by atoms with Crippen LogP contribution in [0.2, 0.25) is 0 Å². The van der Waals surface area contributed by atoms with Gasteiger partial charge in [-0.15, -0.1) is 0 Å². The number of carbonyl (C=O) groups excluding carboxylic acids is 1. The Kier molecular flexibility index (Phi) is 5.55. The highest BCUT2D eigenvalue weighted by Gasteiger charge is 2.28. The van der Waals surface area contributed by atoms with Crippen molar-refractivity contribution >= 4 is 5.97 Å². The third-order valence-corrected chi connectivity index (χ3v) is 1.54. The topological polar surface area (TPSA) is 48.9 Å². The summed E-state index contributed by atoms with van der Waals surface area (Å²) in [6, 6.07) is 0. The lowest BCUT2D eigenvalue weighted by Crippen LogP contribution is -2.37. The highest BCUT2D eigenvalue weighted by molar-refractivity contribution is 5.70. The molecule has 0 amide bonds. The Labute approximate surface area is 90.9 Å². The molecule has 4 nitrogen and oxygen atoms in total. The lowest BCUT2D eigenvalue weighted by Gasteiger charge is -2.03. The van der Waals surface area contributed by atoms with Crippen LogP contribution < -0.4 is 9.67 Å². The minimum atomic E-state index is -5.19. The molecule has 92 valence electrons. The van der Waals surface area contributed by atoms with E-state index in [2.05, 4.69) is 34.8 Å². The Morgan fingerprint density at radius 3 is 2.25 bits per heavy atom. The standard InChI is InChI=1S/C7H13N2.C2HF3O2/c1-3-4-9-6-5-8(2)7-9;3-2(4,5)1(6)7/h5-7H,3-4H2,1-2H3;(H,6,7)/q+1;/p-1. The second-order valence-electron chi connectivity index (χ2n) is 3.10. The molecule has 0 radical (unpaired) electrons. The first-order chi connectivity index (χ1) is 7.27. The number of alkyl halides is 3. The van der Waals surface area contributed by atoms with E-state index < -0.39 is 12.1 Å². The largest absolute Gasteiger partial charge is 0.542 e. The fourth-order valence-corrected chi connectivity index (χ4v) is 0.892. The molecule has 0 aromatic carbocycles. The van der Waals surface area contributed by atoms with Crippen LogP contribution in [-0.4, -0.2) is 16.7 Å². The summed E-state index contributed by atoms with van der Waals surface area (Å²) < 4.78 is 35.8. The molecular weight excluding hydrogens is 225 g/mol. The Morgan fingerprint density at radius 2 is 2.00 bits per heavy atom. The van der Waals surface area contributed by atoms with Gasteiger partial charge in [0.25, 0.3) is 0 Å². The van der Waals surface area contributed by atoms with Crippen LogP contribution in [0.5, 0.6) is 0 Å². The zero-order valence-corrected chi connectivity index (χ0v) is 8.99. The molecule has 7 heteroatoms. The van der Waals surface area contributed by atoms with Gasteiger partial charge >= 0.3 is 6.18 Å². The average Bonchev–Trinajstić information content (AvgIpc) is 2.51. The number of aliphatic carboxylic acids is 1. The molecule has 1 rings (SSSR count). The molecule has 0 N–H and O–H groups in total. The molecule has 0 aliphatic carbocycles. The number of nitrogens with zero attached hydrogens (tertiary/aromatic N) is 2. The number of rotatable bonds is 2. The molecule has 0 fully saturated rings. The van der Waals surface area contributed by atoms with Gasteiger partial charge in [0, 0.05) is 0 Å². The fourth-order valence-electron chi connectivity index (χ4n) is 0.892. The molecule has 1 heterocycles. The van der Waals surface area contributed by atoms with Gasteiger partial charge in [0.15, 0.2) is 0 Å². The minimum Gasteiger partial charge on any atom is -0.542 e. The van der Waals surface area contributed by atoms with E-state index in [0.717, 1.165) is 6.54 Å². The van der Waals surface area contributed by atoms with Gasteiger partial charge in [-0.1, -0.05) is 6.92 Å². The quantitative estimate of drug-likeness (QED) is 0.682. The second-order valence-corrected chi connectivity index (χ2v) is 3.10. The molecule has 0 aliphatic rings. The van der Waals surface area contributed by atoms with E-state index in [1.807, 2.05) is 7.05 Å². The summed E-state index contributed by atoms with van der Waals surface area (Å²) in [6.07, 6.45) is 2.23. The molecule has 0 spiro atoms. The number of aromatic nitrogens is 2. The molecule has 1 aromatic heterocycles. The van der Waals surface area contributed by atoms with Crippen molar-refractivity contribution in [3.8, 4) is 0 Å². The Bertz CT molecular complexity index is 334. The van der Waals surface area contributed by atoms with Crippen molar-refractivity contribution in [1.29, 1.82) is 0 Å². The maximum absolute atomic E-state index is 10.5. The van der Waals surface area contributed by atoms with Crippen molar-refractivity contribution in [2.24, 2.45) is 7.05 Å². The summed E-state index contributed by atoms with van der Waals surface area (Å²) >= 11 is 0. The van der Waals surface area contributed by atoms with Crippen LogP contribution in [0.15, 0.2) is 18.7 Å². The van der Waals surface area contributed by atoms with Crippen LogP contribution in [0.25, 0.3) is 0 Å². The first-order valence-corrected chi connectivity index (χ1v) is 4.56. The number of carbonyl (C=O) groups is 1. The minimum absolute atomic E-state index is 1.13. The van der Waals surface area contributed by atoms with Crippen LogP contribution in [0, 0.1) is 0 Å². The summed E-state index contributed by atoms with van der Waals surface area (Å²) in [5, 5.41) is 8.78. The van der Waals surface area contributed by atoms with Gasteiger partial charge in [-0.2, -0.15) is 13.2 Å². The number of halogens is 3. The van der Waals surface area contributed by atoms with E-state index in [0.29, 0.717) is 0 Å². The highest BCUT2D eigenvalue weighted by atomic mass is 19.4. The monoisotopic (exact) mass is 238 g/mol. The smallest absolute Gasteiger partial charge is 0.430 e. The van der Waals surface area contributed by atoms with Gasteiger partial charge < -0.3 is 9.90 Å². The van der Waals surface area contributed by atoms with Gasteiger partial charge in [-0.25, -0.2) is 9.13 Å².